The van der Waals surface area contributed by atoms with Crippen molar-refractivity contribution in [3.05, 3.63) is 53.1 Å². The lowest BCUT2D eigenvalue weighted by Crippen LogP contribution is -2.21. The number of nitrogens with two attached hydrogens (primary N) is 1. The van der Waals surface area contributed by atoms with Crippen LogP contribution in [0.3, 0.4) is 0 Å². The number of nitrogens with one attached hydrogen (secondary N) is 1. The Balaban J connectivity index is 1.85. The van der Waals surface area contributed by atoms with Crippen LogP contribution in [0, 0.1) is 0 Å². The van der Waals surface area contributed by atoms with Gasteiger partial charge in [0.05, 0.1) is 12.8 Å². The van der Waals surface area contributed by atoms with E-state index in [1.54, 1.807) is 13.2 Å². The van der Waals surface area contributed by atoms with Crippen LogP contribution in [0.4, 0.5) is 5.69 Å². The first-order chi connectivity index (χ1) is 12.1. The second-order valence-corrected chi connectivity index (χ2v) is 6.96. The number of aromatic hydroxyl groups is 1. The number of anilines is 1. The lowest BCUT2D eigenvalue weighted by molar-refractivity contribution is 0.411. The number of aryl methyl sites for hydroxylation is 1. The summed E-state index contributed by atoms with van der Waals surface area (Å²) in [5.74, 6) is 2.01. The van der Waals surface area contributed by atoms with Gasteiger partial charge < -0.3 is 20.9 Å². The smallest absolute Gasteiger partial charge is 0.138 e. The van der Waals surface area contributed by atoms with Crippen LogP contribution in [-0.2, 0) is 6.42 Å². The van der Waals surface area contributed by atoms with E-state index in [0.717, 1.165) is 25.1 Å². The van der Waals surface area contributed by atoms with Crippen LogP contribution in [0.25, 0.3) is 0 Å². The molecule has 3 rings (SSSR count). The fourth-order valence-corrected chi connectivity index (χ4v) is 4.02. The molecule has 0 aliphatic heterocycles. The molecule has 0 fully saturated rings. The molecule has 0 aromatic heterocycles. The number of phenolic OH excluding ortho intramolecular Hbond substituents is 1. The van der Waals surface area contributed by atoms with Crippen molar-refractivity contribution >= 4 is 5.69 Å². The highest BCUT2D eigenvalue weighted by Crippen LogP contribution is 2.40. The third-order valence-corrected chi connectivity index (χ3v) is 5.33. The molecule has 0 saturated carbocycles. The molecular formula is C21H28N2O2. The Bertz CT molecular complexity index is 730. The lowest BCUT2D eigenvalue weighted by Gasteiger charge is -2.30. The fraction of sp³-hybridized carbons (Fsp3) is 0.429. The van der Waals surface area contributed by atoms with Gasteiger partial charge in [-0.1, -0.05) is 12.1 Å². The zero-order valence-corrected chi connectivity index (χ0v) is 15.1. The molecule has 0 radical (unpaired) electrons. The maximum Gasteiger partial charge on any atom is 0.138 e. The van der Waals surface area contributed by atoms with Crippen molar-refractivity contribution in [2.45, 2.75) is 37.5 Å². The molecule has 2 aromatic carbocycles. The molecule has 0 bridgehead atoms. The van der Waals surface area contributed by atoms with Crippen molar-refractivity contribution in [3.63, 3.8) is 0 Å². The van der Waals surface area contributed by atoms with E-state index in [9.17, 15) is 5.11 Å². The van der Waals surface area contributed by atoms with E-state index < -0.39 is 0 Å². The van der Waals surface area contributed by atoms with Crippen LogP contribution in [0.5, 0.6) is 11.5 Å². The summed E-state index contributed by atoms with van der Waals surface area (Å²) in [6.07, 6.45) is 4.64. The molecule has 1 aliphatic carbocycles. The maximum absolute atomic E-state index is 9.70. The van der Waals surface area contributed by atoms with Crippen LogP contribution in [0.2, 0.25) is 0 Å². The number of hydrogen-bond acceptors (Lipinski definition) is 4. The topological polar surface area (TPSA) is 67.5 Å². The summed E-state index contributed by atoms with van der Waals surface area (Å²) in [5.41, 5.74) is 10.4. The van der Waals surface area contributed by atoms with Crippen molar-refractivity contribution < 1.29 is 9.84 Å². The average molecular weight is 340 g/mol. The van der Waals surface area contributed by atoms with Gasteiger partial charge in [0, 0.05) is 6.54 Å². The van der Waals surface area contributed by atoms with E-state index in [4.69, 9.17) is 10.5 Å². The van der Waals surface area contributed by atoms with E-state index in [1.165, 1.54) is 29.5 Å². The molecule has 0 saturated heterocycles. The molecule has 2 aromatic rings. The van der Waals surface area contributed by atoms with E-state index in [-0.39, 0.29) is 5.75 Å². The third kappa shape index (κ3) is 3.90. The number of benzene rings is 2. The molecule has 134 valence electrons. The molecule has 4 nitrogen and oxygen atoms in total. The predicted molar refractivity (Wildman–Crippen MR) is 102 cm³/mol. The van der Waals surface area contributed by atoms with Crippen molar-refractivity contribution in [2.75, 3.05) is 26.4 Å². The van der Waals surface area contributed by atoms with Gasteiger partial charge >= 0.3 is 0 Å². The first-order valence-corrected chi connectivity index (χ1v) is 9.02. The lowest BCUT2D eigenvalue weighted by atomic mass is 9.76. The Morgan fingerprint density at radius 2 is 2.12 bits per heavy atom. The summed E-state index contributed by atoms with van der Waals surface area (Å²) in [4.78, 5) is 0. The number of fused-ring (bicyclic) bond motifs is 1. The normalized spacial score (nSPS) is 17.8. The second-order valence-electron chi connectivity index (χ2n) is 6.96. The molecule has 4 N–H and O–H groups in total. The number of likely N-dealkylation sites (N-methyl/N-ethyl adjacent to an activating group) is 1. The van der Waals surface area contributed by atoms with Gasteiger partial charge in [0.15, 0.2) is 0 Å². The van der Waals surface area contributed by atoms with E-state index >= 15 is 0 Å². The largest absolute Gasteiger partial charge is 0.506 e. The molecule has 1 aliphatic rings. The Morgan fingerprint density at radius 1 is 1.28 bits per heavy atom. The highest BCUT2D eigenvalue weighted by atomic mass is 16.5. The van der Waals surface area contributed by atoms with Gasteiger partial charge in [0.25, 0.3) is 0 Å². The summed E-state index contributed by atoms with van der Waals surface area (Å²) in [6, 6.07) is 12.1. The zero-order valence-electron chi connectivity index (χ0n) is 15.1. The van der Waals surface area contributed by atoms with Crippen molar-refractivity contribution in [2.24, 2.45) is 0 Å². The Hall–Kier alpha value is -2.20. The fourth-order valence-electron chi connectivity index (χ4n) is 4.02. The molecule has 2 atom stereocenters. The summed E-state index contributed by atoms with van der Waals surface area (Å²) >= 11 is 0. The Kier molecular flexibility index (Phi) is 5.49. The van der Waals surface area contributed by atoms with Crippen LogP contribution in [-0.4, -0.2) is 25.8 Å². The highest BCUT2D eigenvalue weighted by Gasteiger charge is 2.25. The summed E-state index contributed by atoms with van der Waals surface area (Å²) in [7, 11) is 3.71. The number of hydrogen-bond donors (Lipinski definition) is 3. The minimum Gasteiger partial charge on any atom is -0.506 e. The van der Waals surface area contributed by atoms with Gasteiger partial charge in [0.2, 0.25) is 0 Å². The molecule has 0 spiro atoms. The maximum atomic E-state index is 9.70. The van der Waals surface area contributed by atoms with Crippen LogP contribution in [0.15, 0.2) is 36.4 Å². The summed E-state index contributed by atoms with van der Waals surface area (Å²) in [6.45, 7) is 0.895. The number of phenols is 1. The van der Waals surface area contributed by atoms with Crippen molar-refractivity contribution in [1.82, 2.24) is 5.32 Å². The first-order valence-electron chi connectivity index (χ1n) is 9.02. The molecule has 4 heteroatoms. The van der Waals surface area contributed by atoms with Gasteiger partial charge in [0.1, 0.15) is 11.5 Å². The van der Waals surface area contributed by atoms with Gasteiger partial charge in [-0.2, -0.15) is 0 Å². The molecule has 2 unspecified atom stereocenters. The van der Waals surface area contributed by atoms with Gasteiger partial charge in [-0.3, -0.25) is 0 Å². The van der Waals surface area contributed by atoms with Gasteiger partial charge in [-0.25, -0.2) is 0 Å². The monoisotopic (exact) mass is 340 g/mol. The minimum absolute atomic E-state index is 0.155. The van der Waals surface area contributed by atoms with E-state index in [0.29, 0.717) is 17.5 Å². The van der Waals surface area contributed by atoms with Crippen molar-refractivity contribution in [1.29, 1.82) is 0 Å². The standard InChI is InChI=1S/C21H28N2O2/c1-23-13-17(14-6-9-21(24)20(22)12-14)10-15-4-3-5-16-11-18(25-2)7-8-19(15)16/h6-9,11-12,15,17,23-24H,3-5,10,13,22H2,1-2H3. The Labute approximate surface area is 150 Å². The zero-order chi connectivity index (χ0) is 17.8. The second kappa shape index (κ2) is 7.79. The SMILES string of the molecule is CNCC(CC1CCCc2cc(OC)ccc21)c1ccc(O)c(N)c1. The Morgan fingerprint density at radius 3 is 2.84 bits per heavy atom. The number of rotatable bonds is 6. The number of nitrogen functional groups attached to an aromatic ring is 1. The highest BCUT2D eigenvalue weighted by molar-refractivity contribution is 5.54. The van der Waals surface area contributed by atoms with Gasteiger partial charge in [-0.15, -0.1) is 0 Å². The third-order valence-electron chi connectivity index (χ3n) is 5.33. The minimum atomic E-state index is 0.155. The first kappa shape index (κ1) is 17.6. The molecule has 0 amide bonds. The van der Waals surface area contributed by atoms with E-state index in [1.807, 2.05) is 19.2 Å². The molecular weight excluding hydrogens is 312 g/mol. The molecule has 0 heterocycles. The predicted octanol–water partition coefficient (Wildman–Crippen LogP) is 3.80. The number of ether oxygens (including phenoxy) is 1. The van der Waals surface area contributed by atoms with Gasteiger partial charge in [-0.05, 0) is 85.5 Å². The average Bonchev–Trinajstić information content (AvgIpc) is 2.63. The van der Waals surface area contributed by atoms with Crippen LogP contribution < -0.4 is 15.8 Å². The summed E-state index contributed by atoms with van der Waals surface area (Å²) in [5, 5.41) is 13.0. The van der Waals surface area contributed by atoms with E-state index in [2.05, 4.69) is 23.5 Å². The molecule has 25 heavy (non-hydrogen) atoms. The summed E-state index contributed by atoms with van der Waals surface area (Å²) < 4.78 is 5.38. The van der Waals surface area contributed by atoms with Crippen LogP contribution >= 0.6 is 0 Å². The van der Waals surface area contributed by atoms with Crippen LogP contribution in [0.1, 0.15) is 47.8 Å². The van der Waals surface area contributed by atoms with Crippen molar-refractivity contribution in [3.8, 4) is 11.5 Å². The number of methoxy groups -OCH3 is 1. The quantitative estimate of drug-likeness (QED) is 0.553.